The molecule has 0 N–H and O–H groups in total. The van der Waals surface area contributed by atoms with Gasteiger partial charge in [-0.3, -0.25) is 9.69 Å². The minimum absolute atomic E-state index is 0.0696. The van der Waals surface area contributed by atoms with Crippen LogP contribution in [0.2, 0.25) is 0 Å². The van der Waals surface area contributed by atoms with Crippen molar-refractivity contribution >= 4 is 17.2 Å². The summed E-state index contributed by atoms with van der Waals surface area (Å²) in [4.78, 5) is 23.5. The topological polar surface area (TPSA) is 90.0 Å². The molecule has 0 radical (unpaired) electrons. The van der Waals surface area contributed by atoms with Gasteiger partial charge in [-0.15, -0.1) is 0 Å². The average molecular weight is 566 g/mol. The van der Waals surface area contributed by atoms with Crippen molar-refractivity contribution < 1.29 is 9.53 Å². The number of hydrogen-bond donors (Lipinski definition) is 0. The van der Waals surface area contributed by atoms with Gasteiger partial charge in [0, 0.05) is 51.1 Å². The minimum Gasteiger partial charge on any atom is -0.492 e. The van der Waals surface area contributed by atoms with E-state index in [1.807, 2.05) is 33.3 Å². The highest BCUT2D eigenvalue weighted by Crippen LogP contribution is 2.38. The third-order valence-electron chi connectivity index (χ3n) is 8.16. The predicted molar refractivity (Wildman–Crippen MR) is 165 cm³/mol. The maximum atomic E-state index is 12.4. The molecule has 1 fully saturated rings. The van der Waals surface area contributed by atoms with Gasteiger partial charge < -0.3 is 14.5 Å². The predicted octanol–water partition coefficient (Wildman–Crippen LogP) is 4.52. The molecule has 1 amide bonds. The zero-order valence-electron chi connectivity index (χ0n) is 25.0. The van der Waals surface area contributed by atoms with Crippen molar-refractivity contribution in [3.8, 4) is 22.9 Å². The largest absolute Gasteiger partial charge is 0.492 e. The normalized spacial score (nSPS) is 14.6. The molecule has 0 unspecified atom stereocenters. The number of fused-ring (bicyclic) bond motifs is 1. The number of nitriles is 1. The Morgan fingerprint density at radius 2 is 1.86 bits per heavy atom. The van der Waals surface area contributed by atoms with Crippen molar-refractivity contribution in [2.24, 2.45) is 5.41 Å². The number of hydrogen-bond acceptors (Lipinski definition) is 7. The maximum absolute atomic E-state index is 12.4. The third-order valence-corrected chi connectivity index (χ3v) is 8.16. The number of piperidine rings is 1. The molecule has 218 valence electrons. The first kappa shape index (κ1) is 29.1. The highest BCUT2D eigenvalue weighted by molar-refractivity contribution is 5.85. The van der Waals surface area contributed by atoms with Crippen LogP contribution in [-0.4, -0.2) is 84.2 Å². The molecule has 5 rings (SSSR count). The van der Waals surface area contributed by atoms with Crippen LogP contribution in [-0.2, 0) is 11.2 Å². The summed E-state index contributed by atoms with van der Waals surface area (Å²) < 4.78 is 7.46. The monoisotopic (exact) mass is 565 g/mol. The fourth-order valence-corrected chi connectivity index (χ4v) is 6.01. The van der Waals surface area contributed by atoms with Crippen LogP contribution < -0.4 is 9.64 Å². The van der Waals surface area contributed by atoms with Crippen LogP contribution in [0.1, 0.15) is 30.9 Å². The lowest BCUT2D eigenvalue weighted by Gasteiger charge is -2.44. The number of nitrogens with zero attached hydrogens (tertiary/aromatic N) is 7. The summed E-state index contributed by atoms with van der Waals surface area (Å²) in [6, 6.07) is 19.0. The Balaban J connectivity index is 1.35. The second-order valence-electron chi connectivity index (χ2n) is 11.5. The number of pyridine rings is 2. The quantitative estimate of drug-likeness (QED) is 0.279. The molecule has 0 atom stereocenters. The van der Waals surface area contributed by atoms with Gasteiger partial charge in [0.05, 0.1) is 36.6 Å². The van der Waals surface area contributed by atoms with Crippen molar-refractivity contribution in [2.45, 2.75) is 26.2 Å². The first-order valence-corrected chi connectivity index (χ1v) is 14.5. The first-order valence-electron chi connectivity index (χ1n) is 14.5. The van der Waals surface area contributed by atoms with Crippen molar-refractivity contribution in [1.29, 1.82) is 5.26 Å². The summed E-state index contributed by atoms with van der Waals surface area (Å²) >= 11 is 0. The van der Waals surface area contributed by atoms with E-state index in [4.69, 9.17) is 9.72 Å². The van der Waals surface area contributed by atoms with E-state index in [2.05, 4.69) is 70.5 Å². The molecule has 0 saturated carbocycles. The zero-order chi connectivity index (χ0) is 29.7. The van der Waals surface area contributed by atoms with Gasteiger partial charge in [-0.1, -0.05) is 30.3 Å². The summed E-state index contributed by atoms with van der Waals surface area (Å²) in [5.41, 5.74) is 4.43. The number of aromatic nitrogens is 3. The number of amides is 1. The number of anilines is 1. The second kappa shape index (κ2) is 12.6. The van der Waals surface area contributed by atoms with Gasteiger partial charge in [0.2, 0.25) is 5.91 Å². The van der Waals surface area contributed by atoms with Crippen LogP contribution in [0.25, 0.3) is 16.6 Å². The van der Waals surface area contributed by atoms with E-state index < -0.39 is 0 Å². The molecule has 0 aliphatic carbocycles. The Bertz CT molecular complexity index is 1550. The van der Waals surface area contributed by atoms with E-state index in [0.29, 0.717) is 24.5 Å². The van der Waals surface area contributed by atoms with Gasteiger partial charge in [-0.05, 0) is 62.4 Å². The number of carbonyl (C=O) groups excluding carboxylic acids is 1. The zero-order valence-corrected chi connectivity index (χ0v) is 25.0. The van der Waals surface area contributed by atoms with Crippen molar-refractivity contribution in [3.05, 3.63) is 78.2 Å². The van der Waals surface area contributed by atoms with Crippen LogP contribution in [0.15, 0.2) is 67.1 Å². The van der Waals surface area contributed by atoms with Gasteiger partial charge in [-0.25, -0.2) is 9.50 Å². The molecule has 1 aromatic carbocycles. The van der Waals surface area contributed by atoms with Gasteiger partial charge in [-0.2, -0.15) is 10.4 Å². The number of rotatable bonds is 10. The smallest absolute Gasteiger partial charge is 0.236 e. The summed E-state index contributed by atoms with van der Waals surface area (Å²) in [7, 11) is 5.67. The Labute approximate surface area is 247 Å². The minimum atomic E-state index is 0.0696. The SMILES string of the molecule is CCOc1cc(-c2ccc(N3CCC(Cc4ccccc4)(CN(C)CC(=O)N(C)C)CC3)nc2)c2c(C#N)cnn2c1. The Hall–Kier alpha value is -4.42. The van der Waals surface area contributed by atoms with Crippen LogP contribution in [0.5, 0.6) is 5.75 Å². The molecular formula is C33H39N7O2. The molecule has 0 bridgehead atoms. The molecule has 9 heteroatoms. The molecule has 3 aromatic heterocycles. The van der Waals surface area contributed by atoms with Crippen LogP contribution >= 0.6 is 0 Å². The summed E-state index contributed by atoms with van der Waals surface area (Å²) in [5.74, 6) is 1.75. The number of carbonyl (C=O) groups is 1. The van der Waals surface area contributed by atoms with Crippen LogP contribution in [0.4, 0.5) is 5.82 Å². The standard InChI is InChI=1S/C33H39N7O2/c1-5-42-28-17-29(32-27(19-34)21-36-40(32)22-28)26-11-12-30(35-20-26)39-15-13-33(14-16-39,18-25-9-7-6-8-10-25)24-38(4)23-31(41)37(2)3/h6-12,17,20-22H,5,13-16,18,23-24H2,1-4H3. The number of benzene rings is 1. The van der Waals surface area contributed by atoms with Gasteiger partial charge in [0.1, 0.15) is 17.6 Å². The maximum Gasteiger partial charge on any atom is 0.236 e. The van der Waals surface area contributed by atoms with Crippen molar-refractivity contribution in [2.75, 3.05) is 58.8 Å². The lowest BCUT2D eigenvalue weighted by atomic mass is 9.73. The van der Waals surface area contributed by atoms with Gasteiger partial charge >= 0.3 is 0 Å². The third kappa shape index (κ3) is 6.39. The van der Waals surface area contributed by atoms with Crippen LogP contribution in [0, 0.1) is 16.7 Å². The van der Waals surface area contributed by atoms with Gasteiger partial charge in [0.15, 0.2) is 0 Å². The van der Waals surface area contributed by atoms with E-state index in [1.54, 1.807) is 21.8 Å². The first-order chi connectivity index (χ1) is 20.3. The molecule has 42 heavy (non-hydrogen) atoms. The Morgan fingerprint density at radius 3 is 2.50 bits per heavy atom. The Morgan fingerprint density at radius 1 is 1.10 bits per heavy atom. The highest BCUT2D eigenvalue weighted by Gasteiger charge is 2.36. The number of ether oxygens (including phenoxy) is 1. The molecule has 1 aliphatic heterocycles. The van der Waals surface area contributed by atoms with Gasteiger partial charge in [0.25, 0.3) is 0 Å². The van der Waals surface area contributed by atoms with E-state index in [1.165, 1.54) is 5.56 Å². The Kier molecular flexibility index (Phi) is 8.74. The highest BCUT2D eigenvalue weighted by atomic mass is 16.5. The summed E-state index contributed by atoms with van der Waals surface area (Å²) in [6.45, 7) is 5.54. The molecular weight excluding hydrogens is 526 g/mol. The molecule has 9 nitrogen and oxygen atoms in total. The van der Waals surface area contributed by atoms with Crippen LogP contribution in [0.3, 0.4) is 0 Å². The van der Waals surface area contributed by atoms with E-state index in [-0.39, 0.29) is 11.3 Å². The molecule has 4 aromatic rings. The lowest BCUT2D eigenvalue weighted by molar-refractivity contribution is -0.129. The van der Waals surface area contributed by atoms with E-state index in [0.717, 1.165) is 61.4 Å². The lowest BCUT2D eigenvalue weighted by Crippen LogP contribution is -2.48. The fraction of sp³-hybridized carbons (Fsp3) is 0.394. The van der Waals surface area contributed by atoms with Crippen molar-refractivity contribution in [1.82, 2.24) is 24.4 Å². The fourth-order valence-electron chi connectivity index (χ4n) is 6.01. The second-order valence-corrected chi connectivity index (χ2v) is 11.5. The molecule has 1 saturated heterocycles. The van der Waals surface area contributed by atoms with E-state index in [9.17, 15) is 10.1 Å². The summed E-state index contributed by atoms with van der Waals surface area (Å²) in [6.07, 6.45) is 8.25. The molecule has 4 heterocycles. The van der Waals surface area contributed by atoms with Crippen molar-refractivity contribution in [3.63, 3.8) is 0 Å². The van der Waals surface area contributed by atoms with E-state index >= 15 is 0 Å². The summed E-state index contributed by atoms with van der Waals surface area (Å²) in [5, 5.41) is 14.0. The average Bonchev–Trinajstić information content (AvgIpc) is 3.41. The molecule has 0 spiro atoms. The number of likely N-dealkylation sites (N-methyl/N-ethyl adjacent to an activating group) is 2. The molecule has 1 aliphatic rings.